The Bertz CT molecular complexity index is 698. The van der Waals surface area contributed by atoms with Crippen molar-refractivity contribution in [1.82, 2.24) is 15.0 Å². The molecule has 0 radical (unpaired) electrons. The van der Waals surface area contributed by atoms with Gasteiger partial charge in [0.25, 0.3) is 0 Å². The molecule has 3 rings (SSSR count). The average molecular weight is 342 g/mol. The zero-order valence-corrected chi connectivity index (χ0v) is 15.1. The molecule has 2 aromatic rings. The lowest BCUT2D eigenvalue weighted by Crippen LogP contribution is -2.41. The summed E-state index contributed by atoms with van der Waals surface area (Å²) in [5.74, 6) is 1.67. The minimum absolute atomic E-state index is 0.0207. The molecule has 1 aliphatic heterocycles. The van der Waals surface area contributed by atoms with Gasteiger partial charge in [-0.3, -0.25) is 9.69 Å². The third kappa shape index (κ3) is 4.25. The molecule has 25 heavy (non-hydrogen) atoms. The van der Waals surface area contributed by atoms with Gasteiger partial charge in [0.1, 0.15) is 0 Å². The largest absolute Gasteiger partial charge is 0.338 e. The maximum atomic E-state index is 12.6. The first-order chi connectivity index (χ1) is 12.0. The number of rotatable bonds is 5. The number of hydrogen-bond donors (Lipinski definition) is 1. The van der Waals surface area contributed by atoms with Crippen molar-refractivity contribution in [2.75, 3.05) is 18.4 Å². The van der Waals surface area contributed by atoms with Crippen molar-refractivity contribution in [3.8, 4) is 0 Å². The first-order valence-corrected chi connectivity index (χ1v) is 8.98. The minimum Gasteiger partial charge on any atom is -0.338 e. The molecule has 1 saturated heterocycles. The molecule has 1 N–H and O–H groups in total. The van der Waals surface area contributed by atoms with Crippen LogP contribution in [0.3, 0.4) is 0 Å². The minimum atomic E-state index is -0.0242. The van der Waals surface area contributed by atoms with Crippen LogP contribution in [0.1, 0.15) is 57.3 Å². The smallest absolute Gasteiger partial charge is 0.243 e. The summed E-state index contributed by atoms with van der Waals surface area (Å²) in [5, 5.41) is 7.06. The first-order valence-electron chi connectivity index (χ1n) is 8.98. The standard InChI is InChI=1S/C19H26N4O2/c1-13(2)17-21-19(25-22-17)14(3)23-11-7-8-15(12-23)18(24)20-16-9-5-4-6-10-16/h4-6,9-10,13-15H,7-8,11-12H2,1-3H3,(H,20,24)/t14-,15-/m1/s1. The van der Waals surface area contributed by atoms with Gasteiger partial charge in [0.05, 0.1) is 12.0 Å². The summed E-state index contributed by atoms with van der Waals surface area (Å²) < 4.78 is 5.43. The van der Waals surface area contributed by atoms with Gasteiger partial charge in [-0.05, 0) is 38.4 Å². The first kappa shape index (κ1) is 17.6. The van der Waals surface area contributed by atoms with Crippen molar-refractivity contribution in [3.05, 3.63) is 42.0 Å². The predicted molar refractivity (Wildman–Crippen MR) is 96.2 cm³/mol. The molecule has 0 bridgehead atoms. The average Bonchev–Trinajstić information content (AvgIpc) is 3.12. The van der Waals surface area contributed by atoms with E-state index in [4.69, 9.17) is 4.52 Å². The number of nitrogens with one attached hydrogen (secondary N) is 1. The van der Waals surface area contributed by atoms with E-state index < -0.39 is 0 Å². The molecule has 1 amide bonds. The van der Waals surface area contributed by atoms with Gasteiger partial charge in [-0.2, -0.15) is 4.98 Å². The van der Waals surface area contributed by atoms with Crippen molar-refractivity contribution in [1.29, 1.82) is 0 Å². The van der Waals surface area contributed by atoms with E-state index in [9.17, 15) is 4.79 Å². The summed E-state index contributed by atoms with van der Waals surface area (Å²) in [4.78, 5) is 19.3. The van der Waals surface area contributed by atoms with Crippen LogP contribution in [0.25, 0.3) is 0 Å². The number of piperidine rings is 1. The highest BCUT2D eigenvalue weighted by Gasteiger charge is 2.31. The van der Waals surface area contributed by atoms with Gasteiger partial charge < -0.3 is 9.84 Å². The Labute approximate surface area is 148 Å². The topological polar surface area (TPSA) is 71.3 Å². The summed E-state index contributed by atoms with van der Waals surface area (Å²) in [5.41, 5.74) is 0.844. The van der Waals surface area contributed by atoms with Crippen LogP contribution in [0.4, 0.5) is 5.69 Å². The summed E-state index contributed by atoms with van der Waals surface area (Å²) >= 11 is 0. The lowest BCUT2D eigenvalue weighted by molar-refractivity contribution is -0.121. The highest BCUT2D eigenvalue weighted by Crippen LogP contribution is 2.27. The number of para-hydroxylation sites is 1. The summed E-state index contributed by atoms with van der Waals surface area (Å²) in [6.45, 7) is 7.80. The number of benzene rings is 1. The molecule has 0 spiro atoms. The number of carbonyl (C=O) groups excluding carboxylic acids is 1. The van der Waals surface area contributed by atoms with Crippen LogP contribution in [0, 0.1) is 5.92 Å². The molecule has 6 nitrogen and oxygen atoms in total. The Morgan fingerprint density at radius 3 is 2.72 bits per heavy atom. The molecule has 1 aromatic carbocycles. The van der Waals surface area contributed by atoms with Crippen molar-refractivity contribution >= 4 is 11.6 Å². The molecule has 0 aliphatic carbocycles. The Morgan fingerprint density at radius 2 is 2.04 bits per heavy atom. The van der Waals surface area contributed by atoms with Crippen LogP contribution in [-0.4, -0.2) is 34.0 Å². The third-order valence-electron chi connectivity index (χ3n) is 4.74. The number of aromatic nitrogens is 2. The van der Waals surface area contributed by atoms with Gasteiger partial charge in [0.2, 0.25) is 11.8 Å². The zero-order chi connectivity index (χ0) is 17.8. The molecule has 6 heteroatoms. The van der Waals surface area contributed by atoms with Crippen LogP contribution >= 0.6 is 0 Å². The van der Waals surface area contributed by atoms with E-state index >= 15 is 0 Å². The summed E-state index contributed by atoms with van der Waals surface area (Å²) in [7, 11) is 0. The van der Waals surface area contributed by atoms with Crippen molar-refractivity contribution in [3.63, 3.8) is 0 Å². The number of likely N-dealkylation sites (tertiary alicyclic amines) is 1. The van der Waals surface area contributed by atoms with Gasteiger partial charge >= 0.3 is 0 Å². The maximum Gasteiger partial charge on any atom is 0.243 e. The molecule has 0 unspecified atom stereocenters. The number of nitrogens with zero attached hydrogens (tertiary/aromatic N) is 3. The molecular weight excluding hydrogens is 316 g/mol. The van der Waals surface area contributed by atoms with Crippen LogP contribution in [-0.2, 0) is 4.79 Å². The third-order valence-corrected chi connectivity index (χ3v) is 4.74. The molecule has 0 saturated carbocycles. The Kier molecular flexibility index (Phi) is 5.48. The molecule has 1 fully saturated rings. The molecule has 1 aromatic heterocycles. The molecule has 1 aliphatic rings. The number of hydrogen-bond acceptors (Lipinski definition) is 5. The van der Waals surface area contributed by atoms with Crippen molar-refractivity contribution in [2.24, 2.45) is 5.92 Å². The van der Waals surface area contributed by atoms with E-state index in [-0.39, 0.29) is 23.8 Å². The normalized spacial score (nSPS) is 19.8. The second-order valence-corrected chi connectivity index (χ2v) is 7.01. The van der Waals surface area contributed by atoms with E-state index in [2.05, 4.69) is 27.3 Å². The fourth-order valence-electron chi connectivity index (χ4n) is 3.15. The predicted octanol–water partition coefficient (Wildman–Crippen LogP) is 3.60. The number of carbonyl (C=O) groups is 1. The van der Waals surface area contributed by atoms with E-state index in [1.807, 2.05) is 44.2 Å². The van der Waals surface area contributed by atoms with Gasteiger partial charge in [-0.25, -0.2) is 0 Å². The van der Waals surface area contributed by atoms with Crippen LogP contribution in [0.5, 0.6) is 0 Å². The van der Waals surface area contributed by atoms with Gasteiger partial charge in [0, 0.05) is 18.2 Å². The van der Waals surface area contributed by atoms with Crippen LogP contribution in [0.2, 0.25) is 0 Å². The lowest BCUT2D eigenvalue weighted by atomic mass is 9.96. The molecular formula is C19H26N4O2. The van der Waals surface area contributed by atoms with Crippen molar-refractivity contribution < 1.29 is 9.32 Å². The van der Waals surface area contributed by atoms with E-state index in [0.29, 0.717) is 12.4 Å². The lowest BCUT2D eigenvalue weighted by Gasteiger charge is -2.34. The number of amides is 1. The molecule has 2 atom stereocenters. The van der Waals surface area contributed by atoms with Gasteiger partial charge in [0.15, 0.2) is 5.82 Å². The van der Waals surface area contributed by atoms with Crippen LogP contribution in [0.15, 0.2) is 34.9 Å². The zero-order valence-electron chi connectivity index (χ0n) is 15.1. The van der Waals surface area contributed by atoms with Gasteiger partial charge in [-0.15, -0.1) is 0 Å². The van der Waals surface area contributed by atoms with E-state index in [0.717, 1.165) is 30.9 Å². The monoisotopic (exact) mass is 342 g/mol. The summed E-state index contributed by atoms with van der Waals surface area (Å²) in [6.07, 6.45) is 1.89. The quantitative estimate of drug-likeness (QED) is 0.899. The van der Waals surface area contributed by atoms with Crippen LogP contribution < -0.4 is 5.32 Å². The number of anilines is 1. The molecule has 2 heterocycles. The Morgan fingerprint density at radius 1 is 1.28 bits per heavy atom. The maximum absolute atomic E-state index is 12.6. The Balaban J connectivity index is 1.62. The SMILES string of the molecule is CC(C)c1noc([C@@H](C)N2CCC[C@@H](C(=O)Nc3ccccc3)C2)n1. The highest BCUT2D eigenvalue weighted by molar-refractivity contribution is 5.92. The highest BCUT2D eigenvalue weighted by atomic mass is 16.5. The second kappa shape index (κ2) is 7.78. The fourth-order valence-corrected chi connectivity index (χ4v) is 3.15. The second-order valence-electron chi connectivity index (χ2n) is 7.01. The summed E-state index contributed by atoms with van der Waals surface area (Å²) in [6, 6.07) is 9.63. The van der Waals surface area contributed by atoms with Gasteiger partial charge in [-0.1, -0.05) is 37.2 Å². The fraction of sp³-hybridized carbons (Fsp3) is 0.526. The van der Waals surface area contributed by atoms with E-state index in [1.165, 1.54) is 0 Å². The molecule has 134 valence electrons. The van der Waals surface area contributed by atoms with E-state index in [1.54, 1.807) is 0 Å². The Hall–Kier alpha value is -2.21. The van der Waals surface area contributed by atoms with Crippen molar-refractivity contribution in [2.45, 2.75) is 45.6 Å².